The summed E-state index contributed by atoms with van der Waals surface area (Å²) in [7, 11) is 3.54. The van der Waals surface area contributed by atoms with Crippen LogP contribution in [0.1, 0.15) is 24.0 Å². The number of carbonyl (C=O) groups excluding carboxylic acids is 1. The topological polar surface area (TPSA) is 59.4 Å². The Labute approximate surface area is 142 Å². The molecule has 0 aliphatic carbocycles. The second-order valence-electron chi connectivity index (χ2n) is 6.22. The van der Waals surface area contributed by atoms with Crippen LogP contribution in [-0.2, 0) is 18.4 Å². The van der Waals surface area contributed by atoms with Gasteiger partial charge < -0.3 is 10.1 Å². The van der Waals surface area contributed by atoms with Crippen LogP contribution < -0.4 is 15.0 Å². The van der Waals surface area contributed by atoms with Gasteiger partial charge in [-0.25, -0.2) is 0 Å². The average Bonchev–Trinajstić information content (AvgIpc) is 3.01. The zero-order chi connectivity index (χ0) is 17.1. The van der Waals surface area contributed by atoms with Crippen molar-refractivity contribution < 1.29 is 9.53 Å². The van der Waals surface area contributed by atoms with Crippen LogP contribution in [0.25, 0.3) is 0 Å². The van der Waals surface area contributed by atoms with Crippen molar-refractivity contribution in [2.24, 2.45) is 7.05 Å². The molecule has 6 heteroatoms. The van der Waals surface area contributed by atoms with Crippen LogP contribution in [0.5, 0.6) is 5.75 Å². The highest BCUT2D eigenvalue weighted by Gasteiger charge is 2.30. The highest BCUT2D eigenvalue weighted by atomic mass is 16.5. The van der Waals surface area contributed by atoms with Crippen molar-refractivity contribution in [1.82, 2.24) is 15.1 Å². The van der Waals surface area contributed by atoms with Crippen molar-refractivity contribution in [2.45, 2.75) is 32.4 Å². The van der Waals surface area contributed by atoms with Crippen molar-refractivity contribution in [3.8, 4) is 5.75 Å². The minimum absolute atomic E-state index is 0.0963. The number of ether oxygens (including phenoxy) is 1. The quantitative estimate of drug-likeness (QED) is 0.912. The SMILES string of the molecule is COc1cc(CN[C@H]2CCCN(c3ccn(C)n3)C2=O)ccc1C. The molecule has 6 nitrogen and oxygen atoms in total. The fraction of sp³-hybridized carbons (Fsp3) is 0.444. The van der Waals surface area contributed by atoms with E-state index in [1.165, 1.54) is 0 Å². The second-order valence-corrected chi connectivity index (χ2v) is 6.22. The largest absolute Gasteiger partial charge is 0.496 e. The molecule has 0 bridgehead atoms. The van der Waals surface area contributed by atoms with Crippen molar-refractivity contribution in [3.63, 3.8) is 0 Å². The summed E-state index contributed by atoms with van der Waals surface area (Å²) >= 11 is 0. The van der Waals surface area contributed by atoms with E-state index in [1.807, 2.05) is 38.4 Å². The fourth-order valence-corrected chi connectivity index (χ4v) is 3.05. The van der Waals surface area contributed by atoms with Gasteiger partial charge in [0.05, 0.1) is 13.2 Å². The Bertz CT molecular complexity index is 726. The summed E-state index contributed by atoms with van der Waals surface area (Å²) in [5.41, 5.74) is 2.22. The number of nitrogens with zero attached hydrogens (tertiary/aromatic N) is 3. The first-order valence-corrected chi connectivity index (χ1v) is 8.26. The number of piperidine rings is 1. The van der Waals surface area contributed by atoms with E-state index in [0.717, 1.165) is 42.1 Å². The highest BCUT2D eigenvalue weighted by molar-refractivity contribution is 5.97. The van der Waals surface area contributed by atoms with Gasteiger partial charge >= 0.3 is 0 Å². The summed E-state index contributed by atoms with van der Waals surface area (Å²) in [5, 5.41) is 7.73. The van der Waals surface area contributed by atoms with Crippen LogP contribution in [0.15, 0.2) is 30.5 Å². The molecule has 0 radical (unpaired) electrons. The molecule has 0 unspecified atom stereocenters. The van der Waals surface area contributed by atoms with Crippen LogP contribution in [0.3, 0.4) is 0 Å². The molecule has 2 aromatic rings. The van der Waals surface area contributed by atoms with E-state index < -0.39 is 0 Å². The molecule has 1 aliphatic rings. The number of methoxy groups -OCH3 is 1. The Morgan fingerprint density at radius 3 is 2.92 bits per heavy atom. The summed E-state index contributed by atoms with van der Waals surface area (Å²) in [4.78, 5) is 14.5. The van der Waals surface area contributed by atoms with Gasteiger partial charge in [0.25, 0.3) is 0 Å². The standard InChI is InChI=1S/C18H24N4O2/c1-13-6-7-14(11-16(13)24-3)12-19-15-5-4-9-22(18(15)23)17-8-10-21(2)20-17/h6-8,10-11,15,19H,4-5,9,12H2,1-3H3/t15-/m0/s1. The maximum atomic E-state index is 12.7. The second kappa shape index (κ2) is 7.05. The molecule has 1 aromatic carbocycles. The normalized spacial score (nSPS) is 18.0. The number of carbonyl (C=O) groups is 1. The first-order valence-electron chi connectivity index (χ1n) is 8.26. The molecule has 3 rings (SSSR count). The fourth-order valence-electron chi connectivity index (χ4n) is 3.05. The molecule has 0 saturated carbocycles. The molecular formula is C18H24N4O2. The Morgan fingerprint density at radius 1 is 1.38 bits per heavy atom. The van der Waals surface area contributed by atoms with E-state index in [9.17, 15) is 4.79 Å². The number of benzene rings is 1. The number of hydrogen-bond donors (Lipinski definition) is 1. The predicted molar refractivity (Wildman–Crippen MR) is 93.2 cm³/mol. The Hall–Kier alpha value is -2.34. The summed E-state index contributed by atoms with van der Waals surface area (Å²) in [6.45, 7) is 3.39. The Kier molecular flexibility index (Phi) is 4.85. The zero-order valence-electron chi connectivity index (χ0n) is 14.5. The molecule has 1 aliphatic heterocycles. The van der Waals surface area contributed by atoms with Crippen LogP contribution in [-0.4, -0.2) is 35.4 Å². The number of anilines is 1. The molecule has 1 aromatic heterocycles. The third-order valence-electron chi connectivity index (χ3n) is 4.44. The van der Waals surface area contributed by atoms with E-state index in [2.05, 4.69) is 16.5 Å². The lowest BCUT2D eigenvalue weighted by Gasteiger charge is -2.31. The van der Waals surface area contributed by atoms with Gasteiger partial charge in [0, 0.05) is 32.4 Å². The van der Waals surface area contributed by atoms with Crippen LogP contribution in [0, 0.1) is 6.92 Å². The molecule has 1 saturated heterocycles. The Balaban J connectivity index is 1.65. The average molecular weight is 328 g/mol. The first-order chi connectivity index (χ1) is 11.6. The molecule has 1 atom stereocenters. The van der Waals surface area contributed by atoms with Gasteiger partial charge in [0.2, 0.25) is 5.91 Å². The van der Waals surface area contributed by atoms with Gasteiger partial charge in [-0.2, -0.15) is 5.10 Å². The first kappa shape index (κ1) is 16.5. The van der Waals surface area contributed by atoms with Gasteiger partial charge in [0.1, 0.15) is 5.75 Å². The minimum Gasteiger partial charge on any atom is -0.496 e. The van der Waals surface area contributed by atoms with Gasteiger partial charge in [0.15, 0.2) is 5.82 Å². The van der Waals surface area contributed by atoms with E-state index in [-0.39, 0.29) is 11.9 Å². The third kappa shape index (κ3) is 3.43. The van der Waals surface area contributed by atoms with E-state index >= 15 is 0 Å². The number of rotatable bonds is 5. The molecule has 1 amide bonds. The molecule has 1 N–H and O–H groups in total. The van der Waals surface area contributed by atoms with Crippen molar-refractivity contribution in [1.29, 1.82) is 0 Å². The number of hydrogen-bond acceptors (Lipinski definition) is 4. The van der Waals surface area contributed by atoms with Crippen molar-refractivity contribution in [2.75, 3.05) is 18.6 Å². The number of aromatic nitrogens is 2. The lowest BCUT2D eigenvalue weighted by atomic mass is 10.0. The Morgan fingerprint density at radius 2 is 2.21 bits per heavy atom. The van der Waals surface area contributed by atoms with Gasteiger partial charge in [-0.05, 0) is 37.0 Å². The van der Waals surface area contributed by atoms with Crippen LogP contribution in [0.4, 0.5) is 5.82 Å². The summed E-state index contributed by atoms with van der Waals surface area (Å²) in [5.74, 6) is 1.70. The molecular weight excluding hydrogens is 304 g/mol. The number of aryl methyl sites for hydroxylation is 2. The smallest absolute Gasteiger partial charge is 0.245 e. The molecule has 24 heavy (non-hydrogen) atoms. The number of amides is 1. The minimum atomic E-state index is -0.173. The lowest BCUT2D eigenvalue weighted by Crippen LogP contribution is -2.50. The lowest BCUT2D eigenvalue weighted by molar-refractivity contribution is -0.121. The van der Waals surface area contributed by atoms with Crippen molar-refractivity contribution >= 4 is 11.7 Å². The van der Waals surface area contributed by atoms with Gasteiger partial charge in [-0.3, -0.25) is 14.4 Å². The summed E-state index contributed by atoms with van der Waals surface area (Å²) in [6.07, 6.45) is 3.68. The third-order valence-corrected chi connectivity index (χ3v) is 4.44. The predicted octanol–water partition coefficient (Wildman–Crippen LogP) is 2.02. The number of nitrogens with one attached hydrogen (secondary N) is 1. The maximum Gasteiger partial charge on any atom is 0.245 e. The van der Waals surface area contributed by atoms with Crippen LogP contribution >= 0.6 is 0 Å². The molecule has 128 valence electrons. The molecule has 0 spiro atoms. The van der Waals surface area contributed by atoms with Crippen LogP contribution in [0.2, 0.25) is 0 Å². The molecule has 2 heterocycles. The van der Waals surface area contributed by atoms with E-state index in [0.29, 0.717) is 6.54 Å². The van der Waals surface area contributed by atoms with E-state index in [4.69, 9.17) is 4.74 Å². The highest BCUT2D eigenvalue weighted by Crippen LogP contribution is 2.21. The van der Waals surface area contributed by atoms with E-state index in [1.54, 1.807) is 16.7 Å². The van der Waals surface area contributed by atoms with Gasteiger partial charge in [-0.15, -0.1) is 0 Å². The van der Waals surface area contributed by atoms with Gasteiger partial charge in [-0.1, -0.05) is 12.1 Å². The van der Waals surface area contributed by atoms with Crippen molar-refractivity contribution in [3.05, 3.63) is 41.6 Å². The molecule has 1 fully saturated rings. The summed E-state index contributed by atoms with van der Waals surface area (Å²) < 4.78 is 7.08. The zero-order valence-corrected chi connectivity index (χ0v) is 14.5. The monoisotopic (exact) mass is 328 g/mol. The summed E-state index contributed by atoms with van der Waals surface area (Å²) in [6, 6.07) is 7.83. The maximum absolute atomic E-state index is 12.7.